The maximum Gasteiger partial charge on any atom is 0.261 e. The number of carbonyl (C=O) groups excluding carboxylic acids is 2. The lowest BCUT2D eigenvalue weighted by molar-refractivity contribution is -0.166. The zero-order valence-corrected chi connectivity index (χ0v) is 11.3. The van der Waals surface area contributed by atoms with Crippen molar-refractivity contribution in [2.24, 2.45) is 11.8 Å². The van der Waals surface area contributed by atoms with Crippen molar-refractivity contribution in [1.29, 1.82) is 0 Å². The maximum atomic E-state index is 12.2. The molecule has 0 N–H and O–H groups in total. The van der Waals surface area contributed by atoms with E-state index in [9.17, 15) is 9.59 Å². The molecule has 18 heavy (non-hydrogen) atoms. The van der Waals surface area contributed by atoms with Gasteiger partial charge in [0.05, 0.1) is 12.0 Å². The number of carbonyl (C=O) groups is 2. The number of imide groups is 1. The van der Waals surface area contributed by atoms with E-state index in [-0.39, 0.29) is 17.9 Å². The SMILES string of the molecule is CCN1C(=O)C2ON(C)C(/C=C/C(C)C)C2C1=O. The molecule has 0 aromatic rings. The molecular weight excluding hydrogens is 232 g/mol. The van der Waals surface area contributed by atoms with Crippen molar-refractivity contribution in [3.8, 4) is 0 Å². The molecule has 0 radical (unpaired) electrons. The molecule has 2 aliphatic rings. The summed E-state index contributed by atoms with van der Waals surface area (Å²) in [5.74, 6) is -0.306. The Morgan fingerprint density at radius 3 is 2.56 bits per heavy atom. The first-order valence-electron chi connectivity index (χ1n) is 6.40. The first-order valence-corrected chi connectivity index (χ1v) is 6.40. The van der Waals surface area contributed by atoms with Crippen molar-refractivity contribution in [3.05, 3.63) is 12.2 Å². The molecule has 0 bridgehead atoms. The summed E-state index contributed by atoms with van der Waals surface area (Å²) in [5, 5.41) is 1.62. The van der Waals surface area contributed by atoms with E-state index in [1.807, 2.05) is 12.2 Å². The van der Waals surface area contributed by atoms with Crippen LogP contribution in [0.5, 0.6) is 0 Å². The number of hydrogen-bond donors (Lipinski definition) is 0. The van der Waals surface area contributed by atoms with Gasteiger partial charge in [0.15, 0.2) is 6.10 Å². The van der Waals surface area contributed by atoms with Gasteiger partial charge in [0, 0.05) is 13.6 Å². The van der Waals surface area contributed by atoms with Crippen LogP contribution in [0, 0.1) is 11.8 Å². The van der Waals surface area contributed by atoms with Crippen LogP contribution in [-0.2, 0) is 14.4 Å². The van der Waals surface area contributed by atoms with Crippen LogP contribution >= 0.6 is 0 Å². The fourth-order valence-corrected chi connectivity index (χ4v) is 2.53. The van der Waals surface area contributed by atoms with Gasteiger partial charge in [-0.15, -0.1) is 0 Å². The smallest absolute Gasteiger partial charge is 0.261 e. The van der Waals surface area contributed by atoms with E-state index < -0.39 is 12.0 Å². The van der Waals surface area contributed by atoms with Crippen molar-refractivity contribution < 1.29 is 14.4 Å². The Hall–Kier alpha value is -1.20. The number of allylic oxidation sites excluding steroid dienone is 1. The van der Waals surface area contributed by atoms with E-state index in [0.29, 0.717) is 12.5 Å². The summed E-state index contributed by atoms with van der Waals surface area (Å²) >= 11 is 0. The Morgan fingerprint density at radius 2 is 2.00 bits per heavy atom. The van der Waals surface area contributed by atoms with Gasteiger partial charge in [0.1, 0.15) is 0 Å². The molecule has 5 nitrogen and oxygen atoms in total. The van der Waals surface area contributed by atoms with Crippen molar-refractivity contribution >= 4 is 11.8 Å². The highest BCUT2D eigenvalue weighted by Gasteiger charge is 2.57. The highest BCUT2D eigenvalue weighted by atomic mass is 16.7. The highest BCUT2D eigenvalue weighted by Crippen LogP contribution is 2.35. The van der Waals surface area contributed by atoms with Crippen molar-refractivity contribution in [2.75, 3.05) is 13.6 Å². The quantitative estimate of drug-likeness (QED) is 0.551. The standard InChI is InChI=1S/C13H20N2O3/c1-5-15-12(16)10-9(7-6-8(2)3)14(4)18-11(10)13(15)17/h6-11H,5H2,1-4H3/b7-6+. The Bertz CT molecular complexity index is 392. The number of amides is 2. The van der Waals surface area contributed by atoms with Crippen molar-refractivity contribution in [1.82, 2.24) is 9.96 Å². The Kier molecular flexibility index (Phi) is 3.54. The van der Waals surface area contributed by atoms with E-state index in [1.54, 1.807) is 19.0 Å². The molecule has 0 spiro atoms. The van der Waals surface area contributed by atoms with Crippen LogP contribution in [-0.4, -0.2) is 47.5 Å². The number of nitrogens with zero attached hydrogens (tertiary/aromatic N) is 2. The second-order valence-electron chi connectivity index (χ2n) is 5.14. The zero-order chi connectivity index (χ0) is 13.4. The van der Waals surface area contributed by atoms with E-state index in [4.69, 9.17) is 4.84 Å². The van der Waals surface area contributed by atoms with Gasteiger partial charge in [-0.2, -0.15) is 5.06 Å². The van der Waals surface area contributed by atoms with Gasteiger partial charge >= 0.3 is 0 Å². The largest absolute Gasteiger partial charge is 0.284 e. The number of fused-ring (bicyclic) bond motifs is 1. The second kappa shape index (κ2) is 4.82. The van der Waals surface area contributed by atoms with Gasteiger partial charge in [0.25, 0.3) is 5.91 Å². The summed E-state index contributed by atoms with van der Waals surface area (Å²) in [6.07, 6.45) is 3.38. The number of rotatable bonds is 3. The maximum absolute atomic E-state index is 12.2. The van der Waals surface area contributed by atoms with Gasteiger partial charge in [-0.1, -0.05) is 26.0 Å². The third-order valence-corrected chi connectivity index (χ3v) is 3.46. The molecule has 0 aromatic carbocycles. The summed E-state index contributed by atoms with van der Waals surface area (Å²) in [7, 11) is 1.77. The topological polar surface area (TPSA) is 49.9 Å². The molecule has 5 heteroatoms. The third-order valence-electron chi connectivity index (χ3n) is 3.46. The Morgan fingerprint density at radius 1 is 1.33 bits per heavy atom. The third kappa shape index (κ3) is 1.97. The average Bonchev–Trinajstić information content (AvgIpc) is 2.74. The lowest BCUT2D eigenvalue weighted by Gasteiger charge is -2.20. The normalized spacial score (nSPS) is 33.2. The fraction of sp³-hybridized carbons (Fsp3) is 0.692. The summed E-state index contributed by atoms with van der Waals surface area (Å²) in [6.45, 7) is 6.37. The molecule has 2 heterocycles. The lowest BCUT2D eigenvalue weighted by Crippen LogP contribution is -2.38. The molecular formula is C13H20N2O3. The van der Waals surface area contributed by atoms with E-state index >= 15 is 0 Å². The molecule has 2 aliphatic heterocycles. The van der Waals surface area contributed by atoms with Gasteiger partial charge in [0.2, 0.25) is 5.91 Å². The second-order valence-corrected chi connectivity index (χ2v) is 5.14. The minimum Gasteiger partial charge on any atom is -0.284 e. The Balaban J connectivity index is 2.24. The molecule has 2 saturated heterocycles. The van der Waals surface area contributed by atoms with Gasteiger partial charge < -0.3 is 0 Å². The van der Waals surface area contributed by atoms with Crippen LogP contribution in [0.1, 0.15) is 20.8 Å². The number of hydrogen-bond acceptors (Lipinski definition) is 4. The minimum atomic E-state index is -0.635. The van der Waals surface area contributed by atoms with Crippen LogP contribution in [0.25, 0.3) is 0 Å². The fourth-order valence-electron chi connectivity index (χ4n) is 2.53. The van der Waals surface area contributed by atoms with Crippen LogP contribution in [0.15, 0.2) is 12.2 Å². The molecule has 2 rings (SSSR count). The monoisotopic (exact) mass is 252 g/mol. The predicted molar refractivity (Wildman–Crippen MR) is 66.3 cm³/mol. The van der Waals surface area contributed by atoms with Crippen molar-refractivity contribution in [2.45, 2.75) is 32.9 Å². The molecule has 0 aromatic heterocycles. The zero-order valence-electron chi connectivity index (χ0n) is 11.3. The Labute approximate surface area is 107 Å². The molecule has 2 fully saturated rings. The molecule has 0 aliphatic carbocycles. The summed E-state index contributed by atoms with van der Waals surface area (Å²) in [4.78, 5) is 31.0. The van der Waals surface area contributed by atoms with Crippen LogP contribution in [0.2, 0.25) is 0 Å². The van der Waals surface area contributed by atoms with E-state index in [1.165, 1.54) is 4.90 Å². The van der Waals surface area contributed by atoms with Gasteiger partial charge in [-0.25, -0.2) is 0 Å². The van der Waals surface area contributed by atoms with E-state index in [0.717, 1.165) is 0 Å². The summed E-state index contributed by atoms with van der Waals surface area (Å²) in [5.41, 5.74) is 0. The predicted octanol–water partition coefficient (Wildman–Crippen LogP) is 0.818. The molecule has 2 amide bonds. The molecule has 0 saturated carbocycles. The van der Waals surface area contributed by atoms with Crippen molar-refractivity contribution in [3.63, 3.8) is 0 Å². The first-order chi connectivity index (χ1) is 8.47. The molecule has 3 atom stereocenters. The summed E-state index contributed by atoms with van der Waals surface area (Å²) in [6, 6.07) is -0.148. The first kappa shape index (κ1) is 13.2. The average molecular weight is 252 g/mol. The van der Waals surface area contributed by atoms with Crippen LogP contribution < -0.4 is 0 Å². The van der Waals surface area contributed by atoms with E-state index in [2.05, 4.69) is 13.8 Å². The summed E-state index contributed by atoms with van der Waals surface area (Å²) < 4.78 is 0. The van der Waals surface area contributed by atoms with Crippen LogP contribution in [0.3, 0.4) is 0 Å². The highest BCUT2D eigenvalue weighted by molar-refractivity contribution is 6.07. The van der Waals surface area contributed by atoms with Crippen LogP contribution in [0.4, 0.5) is 0 Å². The molecule has 100 valence electrons. The number of likely N-dealkylation sites (N-methyl/N-ethyl adjacent to an activating group) is 2. The van der Waals surface area contributed by atoms with Gasteiger partial charge in [-0.3, -0.25) is 19.3 Å². The number of likely N-dealkylation sites (tertiary alicyclic amines) is 1. The number of hydroxylamine groups is 2. The molecule has 3 unspecified atom stereocenters. The minimum absolute atomic E-state index is 0.116. The van der Waals surface area contributed by atoms with Gasteiger partial charge in [-0.05, 0) is 12.8 Å². The lowest BCUT2D eigenvalue weighted by atomic mass is 9.95.